The van der Waals surface area contributed by atoms with Crippen molar-refractivity contribution < 1.29 is 14.0 Å². The van der Waals surface area contributed by atoms with Crippen LogP contribution in [0, 0.1) is 5.92 Å². The van der Waals surface area contributed by atoms with Gasteiger partial charge in [-0.2, -0.15) is 0 Å². The quantitative estimate of drug-likeness (QED) is 0.636. The Hall–Kier alpha value is -1.87. The van der Waals surface area contributed by atoms with Crippen LogP contribution < -0.4 is 10.9 Å². The van der Waals surface area contributed by atoms with Gasteiger partial charge in [-0.15, -0.1) is 21.5 Å². The smallest absolute Gasteiger partial charge is 0.277 e. The minimum absolute atomic E-state index is 0.0837. The molecule has 24 heavy (non-hydrogen) atoms. The number of amides is 2. The van der Waals surface area contributed by atoms with Crippen molar-refractivity contribution in [3.63, 3.8) is 0 Å². The molecule has 0 bridgehead atoms. The van der Waals surface area contributed by atoms with E-state index in [0.29, 0.717) is 11.1 Å². The third kappa shape index (κ3) is 4.15. The van der Waals surface area contributed by atoms with Gasteiger partial charge in [-0.3, -0.25) is 20.4 Å². The fraction of sp³-hybridized carbons (Fsp3) is 0.467. The van der Waals surface area contributed by atoms with Gasteiger partial charge in [0.05, 0.1) is 10.6 Å². The van der Waals surface area contributed by atoms with Gasteiger partial charge >= 0.3 is 0 Å². The minimum atomic E-state index is -0.337. The summed E-state index contributed by atoms with van der Waals surface area (Å²) in [6.45, 7) is 3.59. The van der Waals surface area contributed by atoms with Crippen molar-refractivity contribution in [2.75, 3.05) is 5.75 Å². The second kappa shape index (κ2) is 7.35. The van der Waals surface area contributed by atoms with Crippen LogP contribution in [0.15, 0.2) is 15.7 Å². The van der Waals surface area contributed by atoms with Crippen molar-refractivity contribution in [3.05, 3.63) is 16.5 Å². The maximum Gasteiger partial charge on any atom is 0.277 e. The van der Waals surface area contributed by atoms with Crippen LogP contribution in [-0.2, 0) is 22.4 Å². The Morgan fingerprint density at radius 3 is 3.04 bits per heavy atom. The molecular weight excluding hydrogens is 348 g/mol. The lowest BCUT2D eigenvalue weighted by Gasteiger charge is -2.16. The summed E-state index contributed by atoms with van der Waals surface area (Å²) in [7, 11) is 0. The topological polar surface area (TPSA) is 97.1 Å². The van der Waals surface area contributed by atoms with Crippen LogP contribution in [0.4, 0.5) is 0 Å². The highest BCUT2D eigenvalue weighted by Gasteiger charge is 2.21. The Bertz CT molecular complexity index is 756. The summed E-state index contributed by atoms with van der Waals surface area (Å²) in [5.41, 5.74) is 5.89. The number of thioether (sulfide) groups is 1. The summed E-state index contributed by atoms with van der Waals surface area (Å²) >= 11 is 2.84. The maximum atomic E-state index is 11.5. The van der Waals surface area contributed by atoms with Gasteiger partial charge < -0.3 is 4.42 Å². The van der Waals surface area contributed by atoms with Crippen LogP contribution in [0.1, 0.15) is 30.7 Å². The van der Waals surface area contributed by atoms with Crippen LogP contribution in [0.25, 0.3) is 10.8 Å². The number of nitrogens with zero attached hydrogens (tertiary/aromatic N) is 2. The molecule has 0 aliphatic heterocycles. The number of hydrogen-bond acceptors (Lipinski definition) is 7. The highest BCUT2D eigenvalue weighted by Crippen LogP contribution is 2.37. The summed E-state index contributed by atoms with van der Waals surface area (Å²) in [5, 5.41) is 8.37. The van der Waals surface area contributed by atoms with E-state index in [4.69, 9.17) is 4.42 Å². The second-order valence-corrected chi connectivity index (χ2v) is 7.86. The first-order valence-corrected chi connectivity index (χ1v) is 9.45. The standard InChI is InChI=1S/C15H18N4O3S2/c1-8-3-4-11-10(5-8)6-12(24-11)14-18-19-15(22-14)23-7-13(21)17-16-9(2)20/h6,8H,3-5,7H2,1-2H3,(H,16,20)(H,17,21)/t8-/m0/s1. The number of thiophene rings is 1. The second-order valence-electron chi connectivity index (χ2n) is 5.80. The zero-order valence-corrected chi connectivity index (χ0v) is 15.1. The molecule has 0 unspecified atom stereocenters. The Morgan fingerprint density at radius 2 is 2.25 bits per heavy atom. The van der Waals surface area contributed by atoms with Gasteiger partial charge in [0.25, 0.3) is 11.1 Å². The molecule has 0 saturated carbocycles. The molecule has 0 aromatic carbocycles. The van der Waals surface area contributed by atoms with E-state index in [0.717, 1.165) is 35.4 Å². The number of aryl methyl sites for hydroxylation is 1. The van der Waals surface area contributed by atoms with Crippen molar-refractivity contribution in [1.29, 1.82) is 0 Å². The van der Waals surface area contributed by atoms with Gasteiger partial charge in [-0.1, -0.05) is 18.7 Å². The highest BCUT2D eigenvalue weighted by molar-refractivity contribution is 7.99. The van der Waals surface area contributed by atoms with Crippen LogP contribution in [0.2, 0.25) is 0 Å². The molecule has 2 N–H and O–H groups in total. The molecule has 2 amide bonds. The molecule has 1 atom stereocenters. The molecule has 1 aliphatic carbocycles. The first-order chi connectivity index (χ1) is 11.5. The van der Waals surface area contributed by atoms with Gasteiger partial charge in [0, 0.05) is 11.8 Å². The molecule has 2 aromatic heterocycles. The number of hydrogen-bond donors (Lipinski definition) is 2. The zero-order valence-electron chi connectivity index (χ0n) is 13.4. The van der Waals surface area contributed by atoms with E-state index in [1.807, 2.05) is 0 Å². The normalized spacial score (nSPS) is 16.5. The van der Waals surface area contributed by atoms with Gasteiger partial charge in [-0.25, -0.2) is 0 Å². The number of hydrazine groups is 1. The molecule has 0 radical (unpaired) electrons. The summed E-state index contributed by atoms with van der Waals surface area (Å²) in [4.78, 5) is 24.6. The molecule has 0 spiro atoms. The fourth-order valence-electron chi connectivity index (χ4n) is 2.50. The lowest BCUT2D eigenvalue weighted by Crippen LogP contribution is -2.41. The van der Waals surface area contributed by atoms with E-state index in [2.05, 4.69) is 34.0 Å². The number of carbonyl (C=O) groups excluding carboxylic acids is 2. The lowest BCUT2D eigenvalue weighted by molar-refractivity contribution is -0.126. The van der Waals surface area contributed by atoms with Gasteiger partial charge in [-0.05, 0) is 36.8 Å². The summed E-state index contributed by atoms with van der Waals surface area (Å²) < 4.78 is 5.63. The van der Waals surface area contributed by atoms with Gasteiger partial charge in [0.1, 0.15) is 0 Å². The van der Waals surface area contributed by atoms with Crippen molar-refractivity contribution in [3.8, 4) is 10.8 Å². The number of carbonyl (C=O) groups is 2. The molecule has 9 heteroatoms. The summed E-state index contributed by atoms with van der Waals surface area (Å²) in [6.07, 6.45) is 3.44. The predicted octanol–water partition coefficient (Wildman–Crippen LogP) is 2.18. The van der Waals surface area contributed by atoms with Crippen molar-refractivity contribution in [2.24, 2.45) is 5.92 Å². The van der Waals surface area contributed by atoms with E-state index in [-0.39, 0.29) is 17.6 Å². The third-order valence-corrected chi connectivity index (χ3v) is 5.69. The highest BCUT2D eigenvalue weighted by atomic mass is 32.2. The van der Waals surface area contributed by atoms with Crippen molar-refractivity contribution in [1.82, 2.24) is 21.0 Å². The number of fused-ring (bicyclic) bond motifs is 1. The lowest BCUT2D eigenvalue weighted by atomic mass is 9.90. The molecule has 0 saturated heterocycles. The number of aromatic nitrogens is 2. The van der Waals surface area contributed by atoms with E-state index >= 15 is 0 Å². The summed E-state index contributed by atoms with van der Waals surface area (Å²) in [6, 6.07) is 2.14. The monoisotopic (exact) mass is 366 g/mol. The molecule has 128 valence electrons. The van der Waals surface area contributed by atoms with Crippen LogP contribution >= 0.6 is 23.1 Å². The zero-order chi connectivity index (χ0) is 17.1. The fourth-order valence-corrected chi connectivity index (χ4v) is 4.19. The Balaban J connectivity index is 1.60. The number of rotatable bonds is 4. The largest absolute Gasteiger partial charge is 0.410 e. The number of nitrogens with one attached hydrogen (secondary N) is 2. The average molecular weight is 366 g/mol. The SMILES string of the molecule is CC(=O)NNC(=O)CSc1nnc(-c2cc3c(s2)CC[C@H](C)C3)o1. The molecule has 1 aliphatic rings. The van der Waals surface area contributed by atoms with Crippen LogP contribution in [-0.4, -0.2) is 27.8 Å². The van der Waals surface area contributed by atoms with E-state index in [1.165, 1.54) is 23.8 Å². The molecule has 0 fully saturated rings. The van der Waals surface area contributed by atoms with Gasteiger partial charge in [0.15, 0.2) is 0 Å². The van der Waals surface area contributed by atoms with Crippen LogP contribution in [0.5, 0.6) is 0 Å². The van der Waals surface area contributed by atoms with Gasteiger partial charge in [0.2, 0.25) is 11.8 Å². The van der Waals surface area contributed by atoms with Crippen molar-refractivity contribution >= 4 is 34.9 Å². The molecule has 2 heterocycles. The molecular formula is C15H18N4O3S2. The predicted molar refractivity (Wildman–Crippen MR) is 91.5 cm³/mol. The molecule has 2 aromatic rings. The van der Waals surface area contributed by atoms with E-state index in [9.17, 15) is 9.59 Å². The van der Waals surface area contributed by atoms with Crippen molar-refractivity contribution in [2.45, 2.75) is 38.3 Å². The minimum Gasteiger partial charge on any atom is -0.410 e. The average Bonchev–Trinajstić information content (AvgIpc) is 3.16. The molecule has 3 rings (SSSR count). The summed E-state index contributed by atoms with van der Waals surface area (Å²) in [5.74, 6) is 0.628. The first-order valence-electron chi connectivity index (χ1n) is 7.65. The van der Waals surface area contributed by atoms with E-state index in [1.54, 1.807) is 11.3 Å². The first kappa shape index (κ1) is 17.0. The van der Waals surface area contributed by atoms with E-state index < -0.39 is 0 Å². The maximum absolute atomic E-state index is 11.5. The molecule has 7 nitrogen and oxygen atoms in total. The Labute approximate surface area is 147 Å². The van der Waals surface area contributed by atoms with Crippen LogP contribution in [0.3, 0.4) is 0 Å². The Kier molecular flexibility index (Phi) is 5.20. The Morgan fingerprint density at radius 1 is 1.42 bits per heavy atom. The third-order valence-electron chi connectivity index (χ3n) is 3.65.